The molecule has 63 heavy (non-hydrogen) atoms. The van der Waals surface area contributed by atoms with Gasteiger partial charge in [-0.05, 0) is 102 Å². The molecule has 14 heteroatoms. The second-order valence-electron chi connectivity index (χ2n) is 18.8. The van der Waals surface area contributed by atoms with Gasteiger partial charge in [0.2, 0.25) is 5.79 Å². The van der Waals surface area contributed by atoms with E-state index >= 15 is 0 Å². The van der Waals surface area contributed by atoms with Crippen molar-refractivity contribution in [1.82, 2.24) is 4.90 Å². The highest BCUT2D eigenvalue weighted by molar-refractivity contribution is 6.39. The van der Waals surface area contributed by atoms with Crippen molar-refractivity contribution in [3.63, 3.8) is 0 Å². The number of esters is 2. The molecule has 0 radical (unpaired) electrons. The fourth-order valence-electron chi connectivity index (χ4n) is 10.1. The molecule has 14 nitrogen and oxygen atoms in total. The Balaban J connectivity index is 1.74. The van der Waals surface area contributed by atoms with Crippen LogP contribution in [0.4, 0.5) is 0 Å². The van der Waals surface area contributed by atoms with Gasteiger partial charge in [-0.15, -0.1) is 6.58 Å². The van der Waals surface area contributed by atoms with Crippen molar-refractivity contribution in [2.45, 2.75) is 186 Å². The quantitative estimate of drug-likeness (QED) is 0.133. The second-order valence-corrected chi connectivity index (χ2v) is 18.8. The molecule has 2 saturated heterocycles. The van der Waals surface area contributed by atoms with E-state index in [0.29, 0.717) is 63.4 Å². The number of fused-ring (bicyclic) bond motifs is 3. The van der Waals surface area contributed by atoms with Gasteiger partial charge in [0.1, 0.15) is 30.1 Å². The summed E-state index contributed by atoms with van der Waals surface area (Å²) in [6.45, 7) is 15.2. The molecular weight excluding hydrogens is 811 g/mol. The third-order valence-corrected chi connectivity index (χ3v) is 13.9. The number of nitrogens with zero attached hydrogens (tertiary/aromatic N) is 1. The molecule has 1 amide bonds. The Kier molecular flexibility index (Phi) is 20.2. The molecule has 1 saturated carbocycles. The molecule has 14 atom stereocenters. The topological polar surface area (TPSA) is 184 Å². The molecule has 0 aromatic heterocycles. The molecule has 4 aliphatic rings. The number of carbonyl (C=O) groups excluding carboxylic acids is 5. The molecular formula is C49H77NO13. The predicted molar refractivity (Wildman–Crippen MR) is 236 cm³/mol. The van der Waals surface area contributed by atoms with Crippen molar-refractivity contribution in [2.75, 3.05) is 27.9 Å². The first-order valence-corrected chi connectivity index (χ1v) is 23.3. The number of rotatable bonds is 11. The Morgan fingerprint density at radius 2 is 1.63 bits per heavy atom. The Hall–Kier alpha value is -3.27. The largest absolute Gasteiger partial charge is 0.460 e. The summed E-state index contributed by atoms with van der Waals surface area (Å²) in [6, 6.07) is -1.16. The Morgan fingerprint density at radius 3 is 2.29 bits per heavy atom. The molecule has 0 aromatic carbocycles. The summed E-state index contributed by atoms with van der Waals surface area (Å²) >= 11 is 0. The zero-order chi connectivity index (χ0) is 46.6. The van der Waals surface area contributed by atoms with Gasteiger partial charge in [0.25, 0.3) is 11.7 Å². The van der Waals surface area contributed by atoms with Crippen molar-refractivity contribution in [2.24, 2.45) is 29.6 Å². The monoisotopic (exact) mass is 888 g/mol. The lowest BCUT2D eigenvalue weighted by Gasteiger charge is -2.47. The van der Waals surface area contributed by atoms with Gasteiger partial charge in [-0.3, -0.25) is 19.2 Å². The predicted octanol–water partition coefficient (Wildman–Crippen LogP) is 6.38. The van der Waals surface area contributed by atoms with Crippen LogP contribution in [0.25, 0.3) is 0 Å². The smallest absolute Gasteiger partial charge is 0.329 e. The summed E-state index contributed by atoms with van der Waals surface area (Å²) < 4.78 is 36.0. The Labute approximate surface area is 375 Å². The molecule has 3 aliphatic heterocycles. The van der Waals surface area contributed by atoms with Crippen molar-refractivity contribution in [3.8, 4) is 0 Å². The van der Waals surface area contributed by atoms with Crippen LogP contribution in [-0.2, 0) is 52.4 Å². The maximum absolute atomic E-state index is 14.5. The number of aliphatic hydroxyl groups excluding tert-OH is 1. The molecule has 356 valence electrons. The fourth-order valence-corrected chi connectivity index (χ4v) is 10.1. The molecule has 1 aliphatic carbocycles. The minimum atomic E-state index is -2.52. The molecule has 0 unspecified atom stereocenters. The normalized spacial score (nSPS) is 38.1. The number of Topliss-reactive ketones (excluding diaryl/α,β-unsaturated/α-hetero) is 2. The second kappa shape index (κ2) is 24.3. The van der Waals surface area contributed by atoms with Crippen molar-refractivity contribution in [1.29, 1.82) is 0 Å². The van der Waals surface area contributed by atoms with Crippen molar-refractivity contribution >= 4 is 29.4 Å². The van der Waals surface area contributed by atoms with Crippen LogP contribution in [0.3, 0.4) is 0 Å². The molecule has 4 rings (SSSR count). The Morgan fingerprint density at radius 1 is 0.952 bits per heavy atom. The SMILES string of the molecule is C=CC[C@@H]1/C=C(\C)C[C@H](C)C[C@H](OC)[C@H]2O[C@@](O)(C(=O)C(=O)N3CCCC[C@H]3C(=O)O[C@H](/C(C)=C\[C@@H]3CC[C@@H](OC(=O)CCCC)[C@H](OC)C3)[C@H](C)[C@@H](O)CC1=O)[C@H](C)C[C@@H]2OC. The van der Waals surface area contributed by atoms with Gasteiger partial charge >= 0.3 is 11.9 Å². The third-order valence-electron chi connectivity index (χ3n) is 13.9. The van der Waals surface area contributed by atoms with Crippen LogP contribution in [-0.4, -0.2) is 127 Å². The van der Waals surface area contributed by atoms with Crippen LogP contribution in [0.15, 0.2) is 36.0 Å². The number of ketones is 2. The number of amides is 1. The van der Waals surface area contributed by atoms with E-state index in [1.165, 1.54) is 19.1 Å². The number of allylic oxidation sites excluding steroid dienone is 4. The maximum Gasteiger partial charge on any atom is 0.329 e. The summed E-state index contributed by atoms with van der Waals surface area (Å²) in [5, 5.41) is 23.9. The molecule has 3 fully saturated rings. The van der Waals surface area contributed by atoms with Crippen LogP contribution >= 0.6 is 0 Å². The zero-order valence-corrected chi connectivity index (χ0v) is 39.4. The lowest BCUT2D eigenvalue weighted by atomic mass is 9.81. The standard InChI is InChI=1S/C49H77NO13/c1-11-13-18-43(53)61-39-20-19-34(27-40(39)58-8)25-31(5)44-33(7)37(51)28-38(52)35(16-12-2)23-29(3)22-30(4)24-41(59-9)45-42(60-10)26-32(6)49(57,63-45)46(54)47(55)50-21-15-14-17-36(50)48(56)62-44/h12,23,25,30,32-37,39-42,44-45,51,57H,2,11,13-22,24,26-28H2,1,3-10H3/b29-23+,31-25-/t30-,32+,33+,34-,35+,36-,37-,39+,40+,41-,42-,44+,45+,49+/m0/s1. The number of aliphatic hydroxyl groups is 2. The fraction of sp³-hybridized carbons (Fsp3) is 0.776. The number of ether oxygens (including phenoxy) is 6. The third kappa shape index (κ3) is 13.4. The summed E-state index contributed by atoms with van der Waals surface area (Å²) in [5.74, 6) is -8.16. The molecule has 0 spiro atoms. The zero-order valence-electron chi connectivity index (χ0n) is 39.4. The first-order valence-electron chi connectivity index (χ1n) is 23.3. The number of unbranched alkanes of at least 4 members (excludes halogenated alkanes) is 1. The first-order chi connectivity index (χ1) is 29.9. The average molecular weight is 888 g/mol. The highest BCUT2D eigenvalue weighted by Gasteiger charge is 2.56. The van der Waals surface area contributed by atoms with Crippen LogP contribution in [0, 0.1) is 29.6 Å². The molecule has 2 bridgehead atoms. The minimum Gasteiger partial charge on any atom is -0.460 e. The van der Waals surface area contributed by atoms with Crippen molar-refractivity contribution < 1.29 is 62.6 Å². The van der Waals surface area contributed by atoms with E-state index in [1.807, 2.05) is 39.8 Å². The van der Waals surface area contributed by atoms with Crippen LogP contribution in [0.1, 0.15) is 131 Å². The lowest BCUT2D eigenvalue weighted by Crippen LogP contribution is -2.64. The highest BCUT2D eigenvalue weighted by Crippen LogP contribution is 2.39. The Bertz CT molecular complexity index is 1640. The van der Waals surface area contributed by atoms with Crippen LogP contribution in [0.2, 0.25) is 0 Å². The highest BCUT2D eigenvalue weighted by atomic mass is 16.7. The van der Waals surface area contributed by atoms with Crippen LogP contribution in [0.5, 0.6) is 0 Å². The van der Waals surface area contributed by atoms with E-state index < -0.39 is 83.9 Å². The van der Waals surface area contributed by atoms with Gasteiger partial charge in [-0.2, -0.15) is 0 Å². The van der Waals surface area contributed by atoms with Gasteiger partial charge in [0, 0.05) is 58.5 Å². The van der Waals surface area contributed by atoms with E-state index in [1.54, 1.807) is 27.0 Å². The number of cyclic esters (lactones) is 1. The number of hydrogen-bond donors (Lipinski definition) is 2. The number of hydrogen-bond acceptors (Lipinski definition) is 13. The first kappa shape index (κ1) is 52.4. The van der Waals surface area contributed by atoms with Crippen LogP contribution < -0.4 is 0 Å². The molecule has 0 aromatic rings. The van der Waals surface area contributed by atoms with E-state index in [9.17, 15) is 34.2 Å². The summed E-state index contributed by atoms with van der Waals surface area (Å²) in [6.07, 6.45) is 6.98. The van der Waals surface area contributed by atoms with Gasteiger partial charge in [0.05, 0.1) is 24.4 Å². The number of methoxy groups -OCH3 is 3. The summed E-state index contributed by atoms with van der Waals surface area (Å²) in [4.78, 5) is 70.8. The number of carbonyl (C=O) groups is 5. The minimum absolute atomic E-state index is 0.000827. The van der Waals surface area contributed by atoms with Gasteiger partial charge in [-0.25, -0.2) is 4.79 Å². The maximum atomic E-state index is 14.5. The molecule has 3 heterocycles. The van der Waals surface area contributed by atoms with E-state index in [-0.39, 0.29) is 55.5 Å². The lowest BCUT2D eigenvalue weighted by molar-refractivity contribution is -0.302. The van der Waals surface area contributed by atoms with E-state index in [0.717, 1.165) is 18.4 Å². The average Bonchev–Trinajstić information content (AvgIpc) is 3.26. The summed E-state index contributed by atoms with van der Waals surface area (Å²) in [5.41, 5.74) is 1.59. The van der Waals surface area contributed by atoms with Gasteiger partial charge in [0.15, 0.2) is 0 Å². The van der Waals surface area contributed by atoms with Gasteiger partial charge < -0.3 is 43.5 Å². The molecule has 2 N–H and O–H groups in total. The van der Waals surface area contributed by atoms with Gasteiger partial charge in [-0.1, -0.05) is 57.9 Å². The van der Waals surface area contributed by atoms with E-state index in [2.05, 4.69) is 6.58 Å². The van der Waals surface area contributed by atoms with Crippen molar-refractivity contribution in [3.05, 3.63) is 36.0 Å². The number of piperidine rings is 1. The van der Waals surface area contributed by atoms with E-state index in [4.69, 9.17) is 28.4 Å². The summed E-state index contributed by atoms with van der Waals surface area (Å²) in [7, 11) is 4.64.